The van der Waals surface area contributed by atoms with Crippen molar-refractivity contribution >= 4 is 40.5 Å². The van der Waals surface area contributed by atoms with Crippen molar-refractivity contribution in [3.8, 4) is 12.1 Å². The van der Waals surface area contributed by atoms with Crippen LogP contribution in [0.2, 0.25) is 5.02 Å². The summed E-state index contributed by atoms with van der Waals surface area (Å²) in [4.78, 5) is 16.4. The van der Waals surface area contributed by atoms with Crippen molar-refractivity contribution in [2.75, 3.05) is 4.90 Å². The van der Waals surface area contributed by atoms with Gasteiger partial charge in [-0.3, -0.25) is 4.79 Å². The summed E-state index contributed by atoms with van der Waals surface area (Å²) in [6, 6.07) is 21.9. The number of benzene rings is 2. The third-order valence-electron chi connectivity index (χ3n) is 6.18. The summed E-state index contributed by atoms with van der Waals surface area (Å²) in [5, 5.41) is 23.1. The van der Waals surface area contributed by atoms with Gasteiger partial charge in [-0.25, -0.2) is 0 Å². The van der Waals surface area contributed by atoms with Crippen LogP contribution in [0.15, 0.2) is 72.1 Å². The number of fused-ring (bicyclic) bond motifs is 3. The number of thiophene rings is 1. The Kier molecular flexibility index (Phi) is 4.67. The fourth-order valence-corrected chi connectivity index (χ4v) is 5.67. The van der Waals surface area contributed by atoms with Crippen molar-refractivity contribution in [1.29, 1.82) is 10.5 Å². The summed E-state index contributed by atoms with van der Waals surface area (Å²) in [6.07, 6.45) is 3.83. The average molecular weight is 442 g/mol. The zero-order chi connectivity index (χ0) is 21.6. The molecule has 2 aromatic carbocycles. The van der Waals surface area contributed by atoms with Crippen molar-refractivity contribution in [2.24, 2.45) is 5.41 Å². The van der Waals surface area contributed by atoms with Crippen molar-refractivity contribution in [3.05, 3.63) is 93.1 Å². The quantitative estimate of drug-likeness (QED) is 0.490. The van der Waals surface area contributed by atoms with Crippen LogP contribution in [0.25, 0.3) is 6.08 Å². The molecule has 1 fully saturated rings. The summed E-state index contributed by atoms with van der Waals surface area (Å²) < 4.78 is 0. The Bertz CT molecular complexity index is 1250. The van der Waals surface area contributed by atoms with E-state index < -0.39 is 23.4 Å². The van der Waals surface area contributed by atoms with E-state index in [0.29, 0.717) is 9.90 Å². The highest BCUT2D eigenvalue weighted by molar-refractivity contribution is 7.12. The molecule has 3 heterocycles. The molecular weight excluding hydrogens is 426 g/mol. The number of anilines is 1. The third kappa shape index (κ3) is 2.82. The Balaban J connectivity index is 1.79. The fourth-order valence-electron chi connectivity index (χ4n) is 4.84. The molecule has 0 spiro atoms. The van der Waals surface area contributed by atoms with Gasteiger partial charge in [0.2, 0.25) is 0 Å². The Labute approximate surface area is 189 Å². The molecule has 0 saturated carbocycles. The first-order chi connectivity index (χ1) is 15.1. The zero-order valence-electron chi connectivity index (χ0n) is 16.3. The summed E-state index contributed by atoms with van der Waals surface area (Å²) in [5.74, 6) is -0.729. The minimum atomic E-state index is -1.44. The molecule has 2 aliphatic heterocycles. The van der Waals surface area contributed by atoms with E-state index in [0.717, 1.165) is 16.8 Å². The highest BCUT2D eigenvalue weighted by Crippen LogP contribution is 2.55. The molecule has 31 heavy (non-hydrogen) atoms. The Morgan fingerprint density at radius 1 is 1.03 bits per heavy atom. The number of Topliss-reactive ketones (excluding diaryl/α,β-unsaturated/α-hetero) is 1. The molecule has 3 atom stereocenters. The Morgan fingerprint density at radius 3 is 2.45 bits per heavy atom. The molecular formula is C25H16ClN3OS. The van der Waals surface area contributed by atoms with Gasteiger partial charge in [-0.05, 0) is 40.8 Å². The number of carbonyl (C=O) groups is 1. The largest absolute Gasteiger partial charge is 0.351 e. The minimum Gasteiger partial charge on any atom is -0.351 e. The summed E-state index contributed by atoms with van der Waals surface area (Å²) in [6.45, 7) is 0. The van der Waals surface area contributed by atoms with Crippen LogP contribution in [-0.4, -0.2) is 17.9 Å². The van der Waals surface area contributed by atoms with Crippen LogP contribution in [0.3, 0.4) is 0 Å². The van der Waals surface area contributed by atoms with Crippen molar-refractivity contribution in [2.45, 2.75) is 18.0 Å². The molecule has 0 radical (unpaired) electrons. The van der Waals surface area contributed by atoms with Crippen molar-refractivity contribution < 1.29 is 4.79 Å². The van der Waals surface area contributed by atoms with E-state index in [9.17, 15) is 15.3 Å². The monoisotopic (exact) mass is 441 g/mol. The maximum atomic E-state index is 13.8. The predicted molar refractivity (Wildman–Crippen MR) is 122 cm³/mol. The maximum Gasteiger partial charge on any atom is 0.195 e. The molecule has 1 aromatic heterocycles. The summed E-state index contributed by atoms with van der Waals surface area (Å²) in [7, 11) is 0. The number of ketones is 1. The lowest BCUT2D eigenvalue weighted by Gasteiger charge is -2.35. The smallest absolute Gasteiger partial charge is 0.195 e. The van der Waals surface area contributed by atoms with Crippen LogP contribution in [-0.2, 0) is 0 Å². The Hall–Kier alpha value is -3.38. The van der Waals surface area contributed by atoms with Gasteiger partial charge in [-0.2, -0.15) is 10.5 Å². The van der Waals surface area contributed by atoms with Gasteiger partial charge in [-0.1, -0.05) is 60.2 Å². The molecule has 5 rings (SSSR count). The van der Waals surface area contributed by atoms with Gasteiger partial charge >= 0.3 is 0 Å². The van der Waals surface area contributed by atoms with Gasteiger partial charge in [0, 0.05) is 16.6 Å². The molecule has 4 nitrogen and oxygen atoms in total. The molecule has 0 amide bonds. The maximum absolute atomic E-state index is 13.8. The van der Waals surface area contributed by atoms with Crippen LogP contribution < -0.4 is 4.90 Å². The van der Waals surface area contributed by atoms with Gasteiger partial charge in [0.25, 0.3) is 0 Å². The van der Waals surface area contributed by atoms with Gasteiger partial charge in [0.05, 0.1) is 23.1 Å². The van der Waals surface area contributed by atoms with E-state index in [-0.39, 0.29) is 5.78 Å². The van der Waals surface area contributed by atoms with Gasteiger partial charge in [0.1, 0.15) is 6.04 Å². The first-order valence-electron chi connectivity index (χ1n) is 9.82. The Morgan fingerprint density at radius 2 is 1.77 bits per heavy atom. The number of hydrogen-bond donors (Lipinski definition) is 0. The normalized spacial score (nSPS) is 22.8. The van der Waals surface area contributed by atoms with Crippen LogP contribution in [0.4, 0.5) is 5.69 Å². The molecule has 0 bridgehead atoms. The van der Waals surface area contributed by atoms with E-state index >= 15 is 0 Å². The SMILES string of the molecule is N#CC1(C#N)[C@@H](c2ccc(Cl)cc2)[C@@H](C(=O)c2cccs2)N2c3ccccc3C=C[C@@H]21. The molecule has 0 aliphatic carbocycles. The summed E-state index contributed by atoms with van der Waals surface area (Å²) >= 11 is 7.48. The number of para-hydroxylation sites is 1. The molecule has 6 heteroatoms. The first kappa shape index (κ1) is 19.6. The van der Waals surface area contributed by atoms with E-state index in [1.807, 2.05) is 64.9 Å². The molecule has 3 aromatic rings. The van der Waals surface area contributed by atoms with Crippen LogP contribution in [0.1, 0.15) is 26.7 Å². The predicted octanol–water partition coefficient (Wildman–Crippen LogP) is 5.69. The van der Waals surface area contributed by atoms with E-state index in [4.69, 9.17) is 11.6 Å². The topological polar surface area (TPSA) is 67.9 Å². The van der Waals surface area contributed by atoms with Crippen molar-refractivity contribution in [1.82, 2.24) is 0 Å². The van der Waals surface area contributed by atoms with E-state index in [1.54, 1.807) is 18.2 Å². The highest BCUT2D eigenvalue weighted by Gasteiger charge is 2.63. The zero-order valence-corrected chi connectivity index (χ0v) is 17.8. The van der Waals surface area contributed by atoms with Gasteiger partial charge in [-0.15, -0.1) is 11.3 Å². The lowest BCUT2D eigenvalue weighted by molar-refractivity contribution is 0.0955. The first-order valence-corrected chi connectivity index (χ1v) is 11.1. The minimum absolute atomic E-state index is 0.0857. The average Bonchev–Trinajstić information content (AvgIpc) is 3.44. The van der Waals surface area contributed by atoms with E-state index in [1.165, 1.54) is 11.3 Å². The fraction of sp³-hybridized carbons (Fsp3) is 0.160. The lowest BCUT2D eigenvalue weighted by Crippen LogP contribution is -2.44. The third-order valence-corrected chi connectivity index (χ3v) is 7.31. The molecule has 2 aliphatic rings. The number of nitrogens with zero attached hydrogens (tertiary/aromatic N) is 3. The standard InChI is InChI=1S/C25H16ClN3OS/c26-18-10-7-17(8-11-18)22-23(24(30)20-6-3-13-31-20)29-19-5-2-1-4-16(19)9-12-21(29)25(22,14-27)15-28/h1-13,21-23H/t21-,22+,23+/m1/s1. The number of nitriles is 2. The number of carbonyl (C=O) groups excluding carboxylic acids is 1. The van der Waals surface area contributed by atoms with Crippen molar-refractivity contribution in [3.63, 3.8) is 0 Å². The lowest BCUT2D eigenvalue weighted by atomic mass is 9.69. The highest BCUT2D eigenvalue weighted by atomic mass is 35.5. The molecule has 1 saturated heterocycles. The summed E-state index contributed by atoms with van der Waals surface area (Å²) in [5.41, 5.74) is 1.14. The van der Waals surface area contributed by atoms with Gasteiger partial charge < -0.3 is 4.90 Å². The molecule has 0 N–H and O–H groups in total. The second kappa shape index (κ2) is 7.39. The van der Waals surface area contributed by atoms with Crippen LogP contribution in [0, 0.1) is 28.1 Å². The molecule has 150 valence electrons. The second-order valence-corrected chi connectivity index (χ2v) is 9.06. The molecule has 0 unspecified atom stereocenters. The second-order valence-electron chi connectivity index (χ2n) is 7.68. The van der Waals surface area contributed by atoms with Gasteiger partial charge in [0.15, 0.2) is 11.2 Å². The van der Waals surface area contributed by atoms with Crippen LogP contribution >= 0.6 is 22.9 Å². The number of halogens is 1. The van der Waals surface area contributed by atoms with Crippen LogP contribution in [0.5, 0.6) is 0 Å². The van der Waals surface area contributed by atoms with E-state index in [2.05, 4.69) is 12.1 Å². The number of hydrogen-bond acceptors (Lipinski definition) is 5. The number of rotatable bonds is 3.